The monoisotopic (exact) mass is 282 g/mol. The lowest BCUT2D eigenvalue weighted by atomic mass is 9.57. The van der Waals surface area contributed by atoms with Crippen molar-refractivity contribution in [3.63, 3.8) is 0 Å². The van der Waals surface area contributed by atoms with Crippen molar-refractivity contribution >= 4 is 0 Å². The number of hydrogen-bond acceptors (Lipinski definition) is 5. The maximum atomic E-state index is 9.41. The minimum atomic E-state index is -0.294. The molecule has 5 nitrogen and oxygen atoms in total. The molecule has 0 N–H and O–H groups in total. The largest absolute Gasteiger partial charge is 0.373 e. The van der Waals surface area contributed by atoms with E-state index in [4.69, 9.17) is 14.2 Å². The highest BCUT2D eigenvalue weighted by Gasteiger charge is 2.76. The summed E-state index contributed by atoms with van der Waals surface area (Å²) < 4.78 is 18.5. The highest BCUT2D eigenvalue weighted by atomic mass is 16.6. The molecule has 0 radical (unpaired) electrons. The van der Waals surface area contributed by atoms with E-state index in [0.29, 0.717) is 11.8 Å². The van der Waals surface area contributed by atoms with Crippen molar-refractivity contribution in [1.82, 2.24) is 0 Å². The van der Waals surface area contributed by atoms with Crippen LogP contribution in [0.25, 0.3) is 0 Å². The molecule has 5 saturated heterocycles. The van der Waals surface area contributed by atoms with Gasteiger partial charge in [-0.25, -0.2) is 0 Å². The maximum absolute atomic E-state index is 9.41. The second-order valence-corrected chi connectivity index (χ2v) is 7.20. The molecule has 5 heteroatoms. The van der Waals surface area contributed by atoms with E-state index in [2.05, 4.69) is 24.3 Å². The van der Waals surface area contributed by atoms with Crippen molar-refractivity contribution in [2.24, 2.45) is 35.5 Å². The van der Waals surface area contributed by atoms with Gasteiger partial charge in [0.15, 0.2) is 0 Å². The zero-order valence-electron chi connectivity index (χ0n) is 11.2. The Labute approximate surface area is 122 Å². The molecule has 0 saturated carbocycles. The fraction of sp³-hybridized carbons (Fsp3) is 0.750. The SMILES string of the molecule is N#CC1C(C#N)C2OC1C1C3OC(C4C5C=CC(O5)C34)C21. The summed E-state index contributed by atoms with van der Waals surface area (Å²) in [5.41, 5.74) is 0. The molecule has 6 aliphatic rings. The molecule has 6 heterocycles. The average Bonchev–Trinajstić information content (AvgIpc) is 3.30. The first-order valence-corrected chi connectivity index (χ1v) is 7.77. The first kappa shape index (κ1) is 11.2. The third-order valence-corrected chi connectivity index (χ3v) is 6.75. The van der Waals surface area contributed by atoms with Crippen molar-refractivity contribution in [1.29, 1.82) is 10.5 Å². The normalized spacial score (nSPS) is 67.1. The van der Waals surface area contributed by atoms with E-state index in [-0.39, 0.29) is 60.3 Å². The molecule has 12 atom stereocenters. The third kappa shape index (κ3) is 1.000. The van der Waals surface area contributed by atoms with Gasteiger partial charge in [-0.3, -0.25) is 0 Å². The van der Waals surface area contributed by atoms with Crippen LogP contribution in [0.5, 0.6) is 0 Å². The Balaban J connectivity index is 1.44. The molecule has 21 heavy (non-hydrogen) atoms. The second kappa shape index (κ2) is 3.33. The van der Waals surface area contributed by atoms with Crippen LogP contribution in [-0.2, 0) is 14.2 Å². The summed E-state index contributed by atoms with van der Waals surface area (Å²) in [6.07, 6.45) is 4.76. The molecule has 0 aromatic heterocycles. The molecule has 0 aliphatic carbocycles. The molecule has 6 rings (SSSR count). The highest BCUT2D eigenvalue weighted by Crippen LogP contribution is 2.66. The van der Waals surface area contributed by atoms with E-state index in [1.165, 1.54) is 0 Å². The molecular formula is C16H14N2O3. The number of rotatable bonds is 0. The summed E-state index contributed by atoms with van der Waals surface area (Å²) in [7, 11) is 0. The lowest BCUT2D eigenvalue weighted by Crippen LogP contribution is -2.51. The Morgan fingerprint density at radius 2 is 1.10 bits per heavy atom. The summed E-state index contributed by atoms with van der Waals surface area (Å²) in [6.45, 7) is 0. The van der Waals surface area contributed by atoms with E-state index in [1.54, 1.807) is 0 Å². The van der Waals surface area contributed by atoms with Crippen LogP contribution < -0.4 is 0 Å². The van der Waals surface area contributed by atoms with E-state index in [0.717, 1.165) is 0 Å². The van der Waals surface area contributed by atoms with Gasteiger partial charge in [0.25, 0.3) is 0 Å². The Bertz CT molecular complexity index is 597. The molecule has 6 aliphatic heterocycles. The highest BCUT2D eigenvalue weighted by molar-refractivity contribution is 5.29. The van der Waals surface area contributed by atoms with Crippen molar-refractivity contribution in [2.45, 2.75) is 36.6 Å². The van der Waals surface area contributed by atoms with Gasteiger partial charge in [0.05, 0.1) is 60.6 Å². The number of hydrogen-bond donors (Lipinski definition) is 0. The van der Waals surface area contributed by atoms with Crippen LogP contribution in [0, 0.1) is 58.2 Å². The topological polar surface area (TPSA) is 75.3 Å². The summed E-state index contributed by atoms with van der Waals surface area (Å²) in [5.74, 6) is 0.831. The summed E-state index contributed by atoms with van der Waals surface area (Å²) >= 11 is 0. The predicted molar refractivity (Wildman–Crippen MR) is 67.3 cm³/mol. The van der Waals surface area contributed by atoms with Crippen LogP contribution in [-0.4, -0.2) is 36.6 Å². The fourth-order valence-electron chi connectivity index (χ4n) is 6.21. The minimum Gasteiger partial charge on any atom is -0.373 e. The van der Waals surface area contributed by atoms with Crippen LogP contribution >= 0.6 is 0 Å². The van der Waals surface area contributed by atoms with Gasteiger partial charge in [0.1, 0.15) is 0 Å². The van der Waals surface area contributed by atoms with Gasteiger partial charge in [-0.15, -0.1) is 0 Å². The smallest absolute Gasteiger partial charge is 0.0912 e. The molecular weight excluding hydrogens is 268 g/mol. The number of nitrogens with zero attached hydrogens (tertiary/aromatic N) is 2. The van der Waals surface area contributed by atoms with Crippen molar-refractivity contribution in [2.75, 3.05) is 0 Å². The van der Waals surface area contributed by atoms with Gasteiger partial charge in [0, 0.05) is 23.7 Å². The van der Waals surface area contributed by atoms with Gasteiger partial charge < -0.3 is 14.2 Å². The van der Waals surface area contributed by atoms with Crippen LogP contribution in [0.4, 0.5) is 0 Å². The van der Waals surface area contributed by atoms with Gasteiger partial charge in [-0.05, 0) is 0 Å². The van der Waals surface area contributed by atoms with Gasteiger partial charge >= 0.3 is 0 Å². The standard InChI is InChI=1S/C16H14N2O3/c17-3-5-6(4-18)14-12-11(13(5)20-14)15-9-7-1-2-8(19-7)10(9)16(12)21-15/h1-2,5-16H. The predicted octanol–water partition coefficient (Wildman–Crippen LogP) is 0.630. The van der Waals surface area contributed by atoms with E-state index >= 15 is 0 Å². The van der Waals surface area contributed by atoms with Crippen LogP contribution in [0.2, 0.25) is 0 Å². The molecule has 0 spiro atoms. The van der Waals surface area contributed by atoms with Gasteiger partial charge in [0.2, 0.25) is 0 Å². The van der Waals surface area contributed by atoms with Crippen molar-refractivity contribution < 1.29 is 14.2 Å². The van der Waals surface area contributed by atoms with E-state index in [1.807, 2.05) is 0 Å². The molecule has 0 amide bonds. The zero-order valence-corrected chi connectivity index (χ0v) is 11.2. The lowest BCUT2D eigenvalue weighted by molar-refractivity contribution is -0.0333. The van der Waals surface area contributed by atoms with Gasteiger partial charge in [-0.2, -0.15) is 10.5 Å². The van der Waals surface area contributed by atoms with Crippen molar-refractivity contribution in [3.05, 3.63) is 12.2 Å². The number of fused-ring (bicyclic) bond motifs is 16. The van der Waals surface area contributed by atoms with E-state index in [9.17, 15) is 10.5 Å². The Kier molecular flexibility index (Phi) is 1.78. The Morgan fingerprint density at radius 1 is 0.619 bits per heavy atom. The molecule has 6 bridgehead atoms. The van der Waals surface area contributed by atoms with Crippen LogP contribution in [0.1, 0.15) is 0 Å². The molecule has 5 fully saturated rings. The molecule has 0 aromatic carbocycles. The minimum absolute atomic E-state index is 0.117. The maximum Gasteiger partial charge on any atom is 0.0912 e. The lowest BCUT2D eigenvalue weighted by Gasteiger charge is -2.39. The number of ether oxygens (including phenoxy) is 3. The summed E-state index contributed by atoms with van der Waals surface area (Å²) in [5, 5.41) is 18.8. The first-order valence-electron chi connectivity index (χ1n) is 7.77. The fourth-order valence-corrected chi connectivity index (χ4v) is 6.21. The summed E-state index contributed by atoms with van der Waals surface area (Å²) in [6, 6.07) is 4.63. The molecule has 12 unspecified atom stereocenters. The first-order chi connectivity index (χ1) is 10.3. The third-order valence-electron chi connectivity index (χ3n) is 6.75. The summed E-state index contributed by atoms with van der Waals surface area (Å²) in [4.78, 5) is 0. The van der Waals surface area contributed by atoms with Gasteiger partial charge in [-0.1, -0.05) is 12.2 Å². The molecule has 106 valence electrons. The van der Waals surface area contributed by atoms with Crippen LogP contribution in [0.3, 0.4) is 0 Å². The second-order valence-electron chi connectivity index (χ2n) is 7.20. The van der Waals surface area contributed by atoms with E-state index < -0.39 is 0 Å². The Hall–Kier alpha value is -1.40. The number of nitriles is 2. The van der Waals surface area contributed by atoms with Crippen LogP contribution in [0.15, 0.2) is 12.2 Å². The average molecular weight is 282 g/mol. The van der Waals surface area contributed by atoms with Crippen molar-refractivity contribution in [3.8, 4) is 12.1 Å². The molecule has 0 aromatic rings. The Morgan fingerprint density at radius 3 is 1.57 bits per heavy atom. The zero-order chi connectivity index (χ0) is 13.9. The quantitative estimate of drug-likeness (QED) is 0.609.